The first-order valence-electron chi connectivity index (χ1n) is 3.68. The van der Waals surface area contributed by atoms with E-state index in [1.54, 1.807) is 0 Å². The number of hydrogen-bond donors (Lipinski definition) is 1. The average molecular weight is 180 g/mol. The van der Waals surface area contributed by atoms with Gasteiger partial charge in [-0.3, -0.25) is 0 Å². The molecular formula is C9H9FN2O. The van der Waals surface area contributed by atoms with Crippen LogP contribution in [0.1, 0.15) is 5.56 Å². The minimum atomic E-state index is -0.522. The third-order valence-corrected chi connectivity index (χ3v) is 1.74. The van der Waals surface area contributed by atoms with E-state index >= 15 is 0 Å². The molecule has 0 bridgehead atoms. The third-order valence-electron chi connectivity index (χ3n) is 1.74. The zero-order valence-corrected chi connectivity index (χ0v) is 7.17. The van der Waals surface area contributed by atoms with Crippen LogP contribution in [0.2, 0.25) is 0 Å². The van der Waals surface area contributed by atoms with Crippen molar-refractivity contribution in [3.05, 3.63) is 23.5 Å². The fourth-order valence-corrected chi connectivity index (χ4v) is 1.07. The van der Waals surface area contributed by atoms with E-state index in [0.29, 0.717) is 11.3 Å². The van der Waals surface area contributed by atoms with Crippen LogP contribution >= 0.6 is 0 Å². The van der Waals surface area contributed by atoms with Crippen molar-refractivity contribution in [2.75, 3.05) is 12.8 Å². The SMILES string of the molecule is COc1ccc(F)c(N)c1CC#N. The number of methoxy groups -OCH3 is 1. The summed E-state index contributed by atoms with van der Waals surface area (Å²) in [5, 5.41) is 8.47. The van der Waals surface area contributed by atoms with E-state index in [2.05, 4.69) is 0 Å². The van der Waals surface area contributed by atoms with E-state index < -0.39 is 5.82 Å². The Hall–Kier alpha value is -1.76. The van der Waals surface area contributed by atoms with Gasteiger partial charge in [0, 0.05) is 5.56 Å². The summed E-state index contributed by atoms with van der Waals surface area (Å²) < 4.78 is 17.9. The van der Waals surface area contributed by atoms with Crippen molar-refractivity contribution in [2.24, 2.45) is 0 Å². The van der Waals surface area contributed by atoms with Crippen LogP contribution in [0.15, 0.2) is 12.1 Å². The van der Waals surface area contributed by atoms with Gasteiger partial charge in [0.2, 0.25) is 0 Å². The number of hydrogen-bond acceptors (Lipinski definition) is 3. The molecule has 4 heteroatoms. The predicted octanol–water partition coefficient (Wildman–Crippen LogP) is 1.48. The first-order valence-corrected chi connectivity index (χ1v) is 3.68. The highest BCUT2D eigenvalue weighted by Gasteiger charge is 2.10. The normalized spacial score (nSPS) is 9.31. The summed E-state index contributed by atoms with van der Waals surface area (Å²) in [5.74, 6) is -0.0773. The molecule has 0 aliphatic heterocycles. The van der Waals surface area contributed by atoms with Crippen molar-refractivity contribution in [1.29, 1.82) is 5.26 Å². The van der Waals surface area contributed by atoms with Gasteiger partial charge in [-0.2, -0.15) is 5.26 Å². The third kappa shape index (κ3) is 1.70. The molecule has 0 fully saturated rings. The second-order valence-electron chi connectivity index (χ2n) is 2.48. The second kappa shape index (κ2) is 3.76. The van der Waals surface area contributed by atoms with Gasteiger partial charge in [-0.15, -0.1) is 0 Å². The lowest BCUT2D eigenvalue weighted by Gasteiger charge is -2.08. The summed E-state index contributed by atoms with van der Waals surface area (Å²) in [6.07, 6.45) is 0.0484. The molecule has 0 aromatic heterocycles. The lowest BCUT2D eigenvalue weighted by Crippen LogP contribution is -2.00. The van der Waals surface area contributed by atoms with Gasteiger partial charge in [-0.25, -0.2) is 4.39 Å². The maximum absolute atomic E-state index is 12.9. The summed E-state index contributed by atoms with van der Waals surface area (Å²) in [6.45, 7) is 0. The molecule has 1 aromatic rings. The summed E-state index contributed by atoms with van der Waals surface area (Å²) in [6, 6.07) is 4.57. The fraction of sp³-hybridized carbons (Fsp3) is 0.222. The summed E-state index contributed by atoms with van der Waals surface area (Å²) in [4.78, 5) is 0. The molecule has 0 amide bonds. The van der Waals surface area contributed by atoms with Crippen molar-refractivity contribution >= 4 is 5.69 Å². The van der Waals surface area contributed by atoms with Crippen LogP contribution in [0.25, 0.3) is 0 Å². The maximum atomic E-state index is 12.9. The number of rotatable bonds is 2. The topological polar surface area (TPSA) is 59.0 Å². The number of nitriles is 1. The van der Waals surface area contributed by atoms with Crippen molar-refractivity contribution in [3.63, 3.8) is 0 Å². The molecule has 0 unspecified atom stereocenters. The molecule has 0 heterocycles. The van der Waals surface area contributed by atoms with E-state index in [4.69, 9.17) is 15.7 Å². The Bertz CT molecular complexity index is 357. The molecular weight excluding hydrogens is 171 g/mol. The molecule has 2 N–H and O–H groups in total. The van der Waals surface area contributed by atoms with Crippen LogP contribution in [0.5, 0.6) is 5.75 Å². The summed E-state index contributed by atoms with van der Waals surface area (Å²) in [5.41, 5.74) is 5.83. The minimum Gasteiger partial charge on any atom is -0.496 e. The van der Waals surface area contributed by atoms with E-state index in [1.165, 1.54) is 19.2 Å². The number of benzene rings is 1. The van der Waals surface area contributed by atoms with E-state index in [-0.39, 0.29) is 12.1 Å². The van der Waals surface area contributed by atoms with E-state index in [9.17, 15) is 4.39 Å². The number of nitrogens with zero attached hydrogens (tertiary/aromatic N) is 1. The molecule has 0 spiro atoms. The second-order valence-corrected chi connectivity index (χ2v) is 2.48. The number of halogens is 1. The Morgan fingerprint density at radius 2 is 2.31 bits per heavy atom. The van der Waals surface area contributed by atoms with Gasteiger partial charge in [-0.1, -0.05) is 0 Å². The molecule has 0 aliphatic carbocycles. The predicted molar refractivity (Wildman–Crippen MR) is 46.7 cm³/mol. The highest BCUT2D eigenvalue weighted by Crippen LogP contribution is 2.26. The molecule has 0 atom stereocenters. The smallest absolute Gasteiger partial charge is 0.146 e. The number of nitrogen functional groups attached to an aromatic ring is 1. The van der Waals surface area contributed by atoms with Gasteiger partial charge in [0.25, 0.3) is 0 Å². The molecule has 1 aromatic carbocycles. The standard InChI is InChI=1S/C9H9FN2O/c1-13-8-3-2-7(10)9(12)6(8)4-5-11/h2-3H,4,12H2,1H3. The van der Waals surface area contributed by atoms with Crippen LogP contribution in [0, 0.1) is 17.1 Å². The fourth-order valence-electron chi connectivity index (χ4n) is 1.07. The lowest BCUT2D eigenvalue weighted by molar-refractivity contribution is 0.410. The highest BCUT2D eigenvalue weighted by molar-refractivity contribution is 5.56. The average Bonchev–Trinajstić information content (AvgIpc) is 2.14. The lowest BCUT2D eigenvalue weighted by atomic mass is 10.1. The Morgan fingerprint density at radius 3 is 2.85 bits per heavy atom. The quantitative estimate of drug-likeness (QED) is 0.701. The number of nitrogens with two attached hydrogens (primary N) is 1. The van der Waals surface area contributed by atoms with Gasteiger partial charge in [0.15, 0.2) is 0 Å². The zero-order valence-electron chi connectivity index (χ0n) is 7.17. The van der Waals surface area contributed by atoms with Crippen LogP contribution in [-0.4, -0.2) is 7.11 Å². The van der Waals surface area contributed by atoms with Crippen molar-refractivity contribution in [3.8, 4) is 11.8 Å². The van der Waals surface area contributed by atoms with Crippen LogP contribution in [0.4, 0.5) is 10.1 Å². The first kappa shape index (κ1) is 9.33. The highest BCUT2D eigenvalue weighted by atomic mass is 19.1. The Kier molecular flexibility index (Phi) is 2.70. The van der Waals surface area contributed by atoms with Gasteiger partial charge < -0.3 is 10.5 Å². The monoisotopic (exact) mass is 180 g/mol. The van der Waals surface area contributed by atoms with E-state index in [1.807, 2.05) is 6.07 Å². The van der Waals surface area contributed by atoms with Gasteiger partial charge in [0.1, 0.15) is 11.6 Å². The van der Waals surface area contributed by atoms with Crippen LogP contribution in [0.3, 0.4) is 0 Å². The summed E-state index contributed by atoms with van der Waals surface area (Å²) in [7, 11) is 1.45. The molecule has 0 saturated heterocycles. The molecule has 3 nitrogen and oxygen atoms in total. The van der Waals surface area contributed by atoms with Crippen molar-refractivity contribution in [1.82, 2.24) is 0 Å². The van der Waals surface area contributed by atoms with Crippen LogP contribution in [-0.2, 0) is 6.42 Å². The largest absolute Gasteiger partial charge is 0.496 e. The maximum Gasteiger partial charge on any atom is 0.146 e. The molecule has 1 rings (SSSR count). The Morgan fingerprint density at radius 1 is 1.62 bits per heavy atom. The number of anilines is 1. The van der Waals surface area contributed by atoms with Gasteiger partial charge in [0.05, 0.1) is 25.3 Å². The minimum absolute atomic E-state index is 0.0131. The summed E-state index contributed by atoms with van der Waals surface area (Å²) >= 11 is 0. The van der Waals surface area contributed by atoms with Gasteiger partial charge >= 0.3 is 0 Å². The van der Waals surface area contributed by atoms with Crippen molar-refractivity contribution < 1.29 is 9.13 Å². The molecule has 0 aliphatic rings. The molecule has 0 saturated carbocycles. The van der Waals surface area contributed by atoms with Gasteiger partial charge in [-0.05, 0) is 12.1 Å². The molecule has 0 radical (unpaired) electrons. The Labute approximate surface area is 75.5 Å². The Balaban J connectivity index is 3.25. The zero-order chi connectivity index (χ0) is 9.84. The molecule has 13 heavy (non-hydrogen) atoms. The van der Waals surface area contributed by atoms with Crippen molar-refractivity contribution in [2.45, 2.75) is 6.42 Å². The van der Waals surface area contributed by atoms with Crippen LogP contribution < -0.4 is 10.5 Å². The molecule has 68 valence electrons. The number of ether oxygens (including phenoxy) is 1. The first-order chi connectivity index (χ1) is 6.20. The van der Waals surface area contributed by atoms with E-state index in [0.717, 1.165) is 0 Å².